The average Bonchev–Trinajstić information content (AvgIpc) is 2.96. The Balaban J connectivity index is 1.57. The second-order valence-electron chi connectivity index (χ2n) is 5.45. The Kier molecular flexibility index (Phi) is 3.00. The zero-order valence-corrected chi connectivity index (χ0v) is 11.8. The standard InChI is InChI=1S/C19H17NO/c1-2-8-16-14(6-1)7-5-10-18(16)20-12-15-13-21-19-11-4-3-9-17(15)19/h1-11,15,20H,12-13H2. The van der Waals surface area contributed by atoms with Crippen LogP contribution in [0.5, 0.6) is 5.75 Å². The van der Waals surface area contributed by atoms with Gasteiger partial charge in [-0.3, -0.25) is 0 Å². The molecule has 1 aliphatic heterocycles. The van der Waals surface area contributed by atoms with Crippen LogP contribution < -0.4 is 10.1 Å². The minimum Gasteiger partial charge on any atom is -0.493 e. The highest BCUT2D eigenvalue weighted by molar-refractivity contribution is 5.93. The highest BCUT2D eigenvalue weighted by Crippen LogP contribution is 2.34. The van der Waals surface area contributed by atoms with E-state index in [9.17, 15) is 0 Å². The molecule has 1 unspecified atom stereocenters. The van der Waals surface area contributed by atoms with Crippen LogP contribution in [0.1, 0.15) is 11.5 Å². The van der Waals surface area contributed by atoms with E-state index in [4.69, 9.17) is 4.74 Å². The lowest BCUT2D eigenvalue weighted by Crippen LogP contribution is -2.14. The van der Waals surface area contributed by atoms with Crippen LogP contribution in [0.15, 0.2) is 66.7 Å². The molecule has 0 amide bonds. The summed E-state index contributed by atoms with van der Waals surface area (Å²) >= 11 is 0. The predicted molar refractivity (Wildman–Crippen MR) is 87.1 cm³/mol. The first-order valence-corrected chi connectivity index (χ1v) is 7.35. The normalized spacial score (nSPS) is 16.5. The quantitative estimate of drug-likeness (QED) is 0.763. The molecule has 104 valence electrons. The van der Waals surface area contributed by atoms with Crippen molar-refractivity contribution >= 4 is 16.5 Å². The first-order valence-electron chi connectivity index (χ1n) is 7.35. The third-order valence-electron chi connectivity index (χ3n) is 4.13. The van der Waals surface area contributed by atoms with E-state index in [0.29, 0.717) is 5.92 Å². The molecular weight excluding hydrogens is 258 g/mol. The lowest BCUT2D eigenvalue weighted by Gasteiger charge is -2.13. The third-order valence-corrected chi connectivity index (χ3v) is 4.13. The summed E-state index contributed by atoms with van der Waals surface area (Å²) in [7, 11) is 0. The maximum absolute atomic E-state index is 5.75. The Labute approximate surface area is 124 Å². The summed E-state index contributed by atoms with van der Waals surface area (Å²) in [5, 5.41) is 6.13. The van der Waals surface area contributed by atoms with E-state index in [-0.39, 0.29) is 0 Å². The summed E-state index contributed by atoms with van der Waals surface area (Å²) in [6.45, 7) is 1.65. The smallest absolute Gasteiger partial charge is 0.122 e. The van der Waals surface area contributed by atoms with E-state index in [2.05, 4.69) is 59.9 Å². The Morgan fingerprint density at radius 3 is 2.71 bits per heavy atom. The Morgan fingerprint density at radius 2 is 1.71 bits per heavy atom. The summed E-state index contributed by atoms with van der Waals surface area (Å²) in [6.07, 6.45) is 0. The van der Waals surface area contributed by atoms with Gasteiger partial charge in [-0.15, -0.1) is 0 Å². The van der Waals surface area contributed by atoms with Crippen LogP contribution in [-0.4, -0.2) is 13.2 Å². The fourth-order valence-corrected chi connectivity index (χ4v) is 3.01. The fraction of sp³-hybridized carbons (Fsp3) is 0.158. The number of para-hydroxylation sites is 1. The SMILES string of the molecule is c1ccc2c(c1)OCC2CNc1cccc2ccccc12. The van der Waals surface area contributed by atoms with Crippen molar-refractivity contribution in [1.82, 2.24) is 0 Å². The highest BCUT2D eigenvalue weighted by atomic mass is 16.5. The summed E-state index contributed by atoms with van der Waals surface area (Å²) in [5.74, 6) is 1.45. The van der Waals surface area contributed by atoms with E-state index >= 15 is 0 Å². The van der Waals surface area contributed by atoms with E-state index in [1.54, 1.807) is 0 Å². The van der Waals surface area contributed by atoms with E-state index < -0.39 is 0 Å². The van der Waals surface area contributed by atoms with Crippen molar-refractivity contribution in [2.45, 2.75) is 5.92 Å². The number of hydrogen-bond acceptors (Lipinski definition) is 2. The van der Waals surface area contributed by atoms with Gasteiger partial charge in [0.2, 0.25) is 0 Å². The molecule has 3 aromatic carbocycles. The van der Waals surface area contributed by atoms with Gasteiger partial charge in [0.1, 0.15) is 5.75 Å². The van der Waals surface area contributed by atoms with E-state index in [1.165, 1.54) is 22.0 Å². The van der Waals surface area contributed by atoms with Crippen LogP contribution in [0.2, 0.25) is 0 Å². The first-order chi connectivity index (χ1) is 10.4. The zero-order valence-electron chi connectivity index (χ0n) is 11.8. The van der Waals surface area contributed by atoms with Gasteiger partial charge in [0.05, 0.1) is 6.61 Å². The molecule has 0 aromatic heterocycles. The minimum absolute atomic E-state index is 0.417. The zero-order chi connectivity index (χ0) is 14.1. The number of hydrogen-bond donors (Lipinski definition) is 1. The van der Waals surface area contributed by atoms with Gasteiger partial charge in [0.25, 0.3) is 0 Å². The molecule has 1 N–H and O–H groups in total. The molecular formula is C19H17NO. The van der Waals surface area contributed by atoms with Crippen molar-refractivity contribution in [2.24, 2.45) is 0 Å². The number of ether oxygens (including phenoxy) is 1. The van der Waals surface area contributed by atoms with Gasteiger partial charge in [0.15, 0.2) is 0 Å². The van der Waals surface area contributed by atoms with Crippen molar-refractivity contribution in [3.05, 3.63) is 72.3 Å². The van der Waals surface area contributed by atoms with Gasteiger partial charge in [-0.2, -0.15) is 0 Å². The molecule has 3 aromatic rings. The molecule has 1 heterocycles. The molecule has 1 atom stereocenters. The van der Waals surface area contributed by atoms with Gasteiger partial charge >= 0.3 is 0 Å². The van der Waals surface area contributed by atoms with Crippen LogP contribution in [0.4, 0.5) is 5.69 Å². The fourth-order valence-electron chi connectivity index (χ4n) is 3.01. The van der Waals surface area contributed by atoms with E-state index in [0.717, 1.165) is 18.9 Å². The van der Waals surface area contributed by atoms with E-state index in [1.807, 2.05) is 12.1 Å². The maximum atomic E-state index is 5.75. The number of nitrogens with one attached hydrogen (secondary N) is 1. The Bertz CT molecular complexity index is 776. The largest absolute Gasteiger partial charge is 0.493 e. The maximum Gasteiger partial charge on any atom is 0.122 e. The second-order valence-corrected chi connectivity index (χ2v) is 5.45. The van der Waals surface area contributed by atoms with Crippen LogP contribution in [0, 0.1) is 0 Å². The summed E-state index contributed by atoms with van der Waals surface area (Å²) in [6, 6.07) is 23.2. The lowest BCUT2D eigenvalue weighted by molar-refractivity contribution is 0.334. The number of anilines is 1. The molecule has 0 radical (unpaired) electrons. The number of benzene rings is 3. The topological polar surface area (TPSA) is 21.3 Å². The summed E-state index contributed by atoms with van der Waals surface area (Å²) in [4.78, 5) is 0. The second kappa shape index (κ2) is 5.13. The molecule has 0 aliphatic carbocycles. The van der Waals surface area contributed by atoms with Gasteiger partial charge < -0.3 is 10.1 Å². The van der Waals surface area contributed by atoms with Crippen molar-refractivity contribution in [3.8, 4) is 5.75 Å². The molecule has 0 fully saturated rings. The molecule has 0 saturated heterocycles. The Hall–Kier alpha value is -2.48. The number of rotatable bonds is 3. The lowest BCUT2D eigenvalue weighted by atomic mass is 10.0. The molecule has 2 heteroatoms. The van der Waals surface area contributed by atoms with Crippen molar-refractivity contribution in [3.63, 3.8) is 0 Å². The third kappa shape index (κ3) is 2.23. The molecule has 21 heavy (non-hydrogen) atoms. The van der Waals surface area contributed by atoms with Crippen molar-refractivity contribution in [1.29, 1.82) is 0 Å². The van der Waals surface area contributed by atoms with Gasteiger partial charge in [0, 0.05) is 29.1 Å². The predicted octanol–water partition coefficient (Wildman–Crippen LogP) is 4.43. The Morgan fingerprint density at radius 1 is 0.905 bits per heavy atom. The van der Waals surface area contributed by atoms with Gasteiger partial charge in [-0.25, -0.2) is 0 Å². The molecule has 4 rings (SSSR count). The van der Waals surface area contributed by atoms with Gasteiger partial charge in [-0.1, -0.05) is 54.6 Å². The monoisotopic (exact) mass is 275 g/mol. The van der Waals surface area contributed by atoms with Crippen molar-refractivity contribution < 1.29 is 4.74 Å². The van der Waals surface area contributed by atoms with Crippen molar-refractivity contribution in [2.75, 3.05) is 18.5 Å². The number of fused-ring (bicyclic) bond motifs is 2. The van der Waals surface area contributed by atoms with Crippen LogP contribution in [0.3, 0.4) is 0 Å². The van der Waals surface area contributed by atoms with Crippen LogP contribution in [0.25, 0.3) is 10.8 Å². The van der Waals surface area contributed by atoms with Gasteiger partial charge in [-0.05, 0) is 17.5 Å². The summed E-state index contributed by atoms with van der Waals surface area (Å²) in [5.41, 5.74) is 2.50. The molecule has 2 nitrogen and oxygen atoms in total. The van der Waals surface area contributed by atoms with Crippen LogP contribution in [-0.2, 0) is 0 Å². The molecule has 0 spiro atoms. The summed E-state index contributed by atoms with van der Waals surface area (Å²) < 4.78 is 5.75. The first kappa shape index (κ1) is 12.3. The average molecular weight is 275 g/mol. The van der Waals surface area contributed by atoms with Crippen LogP contribution >= 0.6 is 0 Å². The molecule has 0 saturated carbocycles. The highest BCUT2D eigenvalue weighted by Gasteiger charge is 2.23. The molecule has 1 aliphatic rings. The molecule has 0 bridgehead atoms. The minimum atomic E-state index is 0.417.